The Hall–Kier alpha value is -1.43. The smallest absolute Gasteiger partial charge is 0.291 e. The van der Waals surface area contributed by atoms with Gasteiger partial charge in [0.1, 0.15) is 5.82 Å². The lowest BCUT2D eigenvalue weighted by molar-refractivity contribution is 0.0900. The number of aliphatic hydroxyl groups is 1. The summed E-state index contributed by atoms with van der Waals surface area (Å²) in [6.45, 7) is 6.15. The zero-order valence-electron chi connectivity index (χ0n) is 10.5. The zero-order chi connectivity index (χ0) is 12.8. The van der Waals surface area contributed by atoms with Gasteiger partial charge in [-0.3, -0.25) is 9.89 Å². The molecule has 6 nitrogen and oxygen atoms in total. The van der Waals surface area contributed by atoms with Gasteiger partial charge in [-0.1, -0.05) is 27.2 Å². The summed E-state index contributed by atoms with van der Waals surface area (Å²) in [4.78, 5) is 15.7. The number of carbonyl (C=O) groups is 1. The third kappa shape index (κ3) is 4.14. The minimum absolute atomic E-state index is 0.123. The van der Waals surface area contributed by atoms with Crippen molar-refractivity contribution in [1.82, 2.24) is 20.5 Å². The van der Waals surface area contributed by atoms with E-state index in [9.17, 15) is 9.90 Å². The van der Waals surface area contributed by atoms with Gasteiger partial charge in [0.25, 0.3) is 5.91 Å². The van der Waals surface area contributed by atoms with Crippen LogP contribution in [-0.4, -0.2) is 38.8 Å². The minimum atomic E-state index is -0.507. The Bertz CT molecular complexity index is 362. The molecule has 1 amide bonds. The number of aromatic nitrogens is 3. The Balaban J connectivity index is 2.46. The molecule has 1 atom stereocenters. The van der Waals surface area contributed by atoms with Gasteiger partial charge in [0.15, 0.2) is 0 Å². The average Bonchev–Trinajstić information content (AvgIpc) is 2.75. The lowest BCUT2D eigenvalue weighted by atomic mass is 10.2. The fourth-order valence-electron chi connectivity index (χ4n) is 1.36. The van der Waals surface area contributed by atoms with Crippen LogP contribution in [-0.2, 0) is 0 Å². The standard InChI is InChI=1S/C11H20N4O2/c1-4-5-8(16)6-12-11(17)10-13-9(7(2)3)14-15-10/h7-8,16H,4-6H2,1-3H3,(H,12,17)(H,13,14,15). The zero-order valence-corrected chi connectivity index (χ0v) is 10.5. The van der Waals surface area contributed by atoms with Crippen LogP contribution in [0, 0.1) is 0 Å². The highest BCUT2D eigenvalue weighted by molar-refractivity contribution is 5.90. The van der Waals surface area contributed by atoms with Crippen molar-refractivity contribution in [2.45, 2.75) is 45.6 Å². The third-order valence-electron chi connectivity index (χ3n) is 2.37. The summed E-state index contributed by atoms with van der Waals surface area (Å²) < 4.78 is 0. The molecule has 96 valence electrons. The normalized spacial score (nSPS) is 12.8. The van der Waals surface area contributed by atoms with E-state index in [4.69, 9.17) is 0 Å². The summed E-state index contributed by atoms with van der Waals surface area (Å²) in [6, 6.07) is 0. The molecule has 1 rings (SSSR count). The van der Waals surface area contributed by atoms with E-state index in [1.54, 1.807) is 0 Å². The van der Waals surface area contributed by atoms with E-state index in [0.29, 0.717) is 12.2 Å². The maximum atomic E-state index is 11.6. The number of carbonyl (C=O) groups excluding carboxylic acids is 1. The van der Waals surface area contributed by atoms with Crippen LogP contribution in [0.5, 0.6) is 0 Å². The Kier molecular flexibility index (Phi) is 5.09. The van der Waals surface area contributed by atoms with E-state index in [2.05, 4.69) is 20.5 Å². The first-order valence-corrected chi connectivity index (χ1v) is 5.93. The highest BCUT2D eigenvalue weighted by atomic mass is 16.3. The number of hydrogen-bond acceptors (Lipinski definition) is 4. The molecule has 0 bridgehead atoms. The molecule has 1 heterocycles. The van der Waals surface area contributed by atoms with Gasteiger partial charge in [0.2, 0.25) is 5.82 Å². The second kappa shape index (κ2) is 6.34. The Labute approximate surface area is 101 Å². The van der Waals surface area contributed by atoms with Gasteiger partial charge in [-0.15, -0.1) is 5.10 Å². The lowest BCUT2D eigenvalue weighted by Gasteiger charge is -2.08. The topological polar surface area (TPSA) is 90.9 Å². The molecule has 0 fully saturated rings. The van der Waals surface area contributed by atoms with Crippen molar-refractivity contribution in [1.29, 1.82) is 0 Å². The Morgan fingerprint density at radius 3 is 2.76 bits per heavy atom. The molecule has 17 heavy (non-hydrogen) atoms. The van der Waals surface area contributed by atoms with Gasteiger partial charge < -0.3 is 10.4 Å². The number of aliphatic hydroxyl groups excluding tert-OH is 1. The molecule has 1 aromatic heterocycles. The predicted octanol–water partition coefficient (Wildman–Crippen LogP) is 0.819. The molecule has 6 heteroatoms. The second-order valence-electron chi connectivity index (χ2n) is 4.35. The van der Waals surface area contributed by atoms with Crippen molar-refractivity contribution < 1.29 is 9.90 Å². The van der Waals surface area contributed by atoms with Crippen LogP contribution in [0.2, 0.25) is 0 Å². The van der Waals surface area contributed by atoms with Crippen LogP contribution in [0.25, 0.3) is 0 Å². The fourth-order valence-corrected chi connectivity index (χ4v) is 1.36. The van der Waals surface area contributed by atoms with Crippen molar-refractivity contribution in [2.75, 3.05) is 6.54 Å². The number of rotatable bonds is 6. The first-order valence-electron chi connectivity index (χ1n) is 5.93. The molecule has 0 spiro atoms. The van der Waals surface area contributed by atoms with E-state index in [0.717, 1.165) is 6.42 Å². The molecular formula is C11H20N4O2. The van der Waals surface area contributed by atoms with Crippen LogP contribution in [0.1, 0.15) is 56.0 Å². The van der Waals surface area contributed by atoms with Gasteiger partial charge in [-0.25, -0.2) is 4.98 Å². The van der Waals surface area contributed by atoms with Gasteiger partial charge >= 0.3 is 0 Å². The minimum Gasteiger partial charge on any atom is -0.391 e. The maximum absolute atomic E-state index is 11.6. The molecule has 0 aromatic carbocycles. The fraction of sp³-hybridized carbons (Fsp3) is 0.727. The summed E-state index contributed by atoms with van der Waals surface area (Å²) in [5, 5.41) is 18.6. The number of nitrogens with zero attached hydrogens (tertiary/aromatic N) is 2. The van der Waals surface area contributed by atoms with Crippen molar-refractivity contribution >= 4 is 5.91 Å². The molecule has 1 unspecified atom stereocenters. The molecule has 0 aliphatic heterocycles. The van der Waals surface area contributed by atoms with Gasteiger partial charge in [-0.05, 0) is 6.42 Å². The van der Waals surface area contributed by atoms with E-state index < -0.39 is 6.10 Å². The predicted molar refractivity (Wildman–Crippen MR) is 63.7 cm³/mol. The van der Waals surface area contributed by atoms with Crippen LogP contribution in [0.4, 0.5) is 0 Å². The monoisotopic (exact) mass is 240 g/mol. The number of nitrogens with one attached hydrogen (secondary N) is 2. The average molecular weight is 240 g/mol. The molecule has 0 aliphatic rings. The van der Waals surface area contributed by atoms with E-state index in [1.165, 1.54) is 0 Å². The SMILES string of the molecule is CCCC(O)CNC(=O)c1n[nH]c(C(C)C)n1. The second-order valence-corrected chi connectivity index (χ2v) is 4.35. The Morgan fingerprint density at radius 1 is 1.53 bits per heavy atom. The molecule has 0 aliphatic carbocycles. The highest BCUT2D eigenvalue weighted by Gasteiger charge is 2.14. The summed E-state index contributed by atoms with van der Waals surface area (Å²) in [7, 11) is 0. The summed E-state index contributed by atoms with van der Waals surface area (Å²) >= 11 is 0. The number of H-pyrrole nitrogens is 1. The maximum Gasteiger partial charge on any atom is 0.291 e. The molecule has 0 saturated heterocycles. The van der Waals surface area contributed by atoms with Crippen LogP contribution >= 0.6 is 0 Å². The first-order chi connectivity index (χ1) is 8.04. The number of aromatic amines is 1. The van der Waals surface area contributed by atoms with Crippen LogP contribution in [0.3, 0.4) is 0 Å². The lowest BCUT2D eigenvalue weighted by Crippen LogP contribution is -2.32. The highest BCUT2D eigenvalue weighted by Crippen LogP contribution is 2.07. The van der Waals surface area contributed by atoms with Crippen molar-refractivity contribution in [3.8, 4) is 0 Å². The van der Waals surface area contributed by atoms with Gasteiger partial charge in [-0.2, -0.15) is 0 Å². The van der Waals surface area contributed by atoms with E-state index in [-0.39, 0.29) is 24.2 Å². The largest absolute Gasteiger partial charge is 0.391 e. The van der Waals surface area contributed by atoms with E-state index >= 15 is 0 Å². The van der Waals surface area contributed by atoms with Gasteiger partial charge in [0, 0.05) is 12.5 Å². The van der Waals surface area contributed by atoms with E-state index in [1.807, 2.05) is 20.8 Å². The molecular weight excluding hydrogens is 220 g/mol. The molecule has 3 N–H and O–H groups in total. The molecule has 0 saturated carbocycles. The van der Waals surface area contributed by atoms with Crippen LogP contribution < -0.4 is 5.32 Å². The molecule has 0 radical (unpaired) electrons. The van der Waals surface area contributed by atoms with Gasteiger partial charge in [0.05, 0.1) is 6.10 Å². The number of hydrogen-bond donors (Lipinski definition) is 3. The van der Waals surface area contributed by atoms with Crippen molar-refractivity contribution in [3.63, 3.8) is 0 Å². The summed E-state index contributed by atoms with van der Waals surface area (Å²) in [5.41, 5.74) is 0. The summed E-state index contributed by atoms with van der Waals surface area (Å²) in [5.74, 6) is 0.652. The molecule has 1 aromatic rings. The summed E-state index contributed by atoms with van der Waals surface area (Å²) in [6.07, 6.45) is 1.05. The third-order valence-corrected chi connectivity index (χ3v) is 2.37. The quantitative estimate of drug-likeness (QED) is 0.686. The Morgan fingerprint density at radius 2 is 2.24 bits per heavy atom. The van der Waals surface area contributed by atoms with Crippen molar-refractivity contribution in [3.05, 3.63) is 11.6 Å². The van der Waals surface area contributed by atoms with Crippen LogP contribution in [0.15, 0.2) is 0 Å². The van der Waals surface area contributed by atoms with Crippen molar-refractivity contribution in [2.24, 2.45) is 0 Å². The first kappa shape index (κ1) is 13.6. The number of amides is 1.